The van der Waals surface area contributed by atoms with Gasteiger partial charge in [0.1, 0.15) is 16.1 Å². The first-order valence-electron chi connectivity index (χ1n) is 8.45. The van der Waals surface area contributed by atoms with Crippen molar-refractivity contribution in [2.75, 3.05) is 5.32 Å². The van der Waals surface area contributed by atoms with Crippen LogP contribution in [0, 0.1) is 18.3 Å². The quantitative estimate of drug-likeness (QED) is 0.615. The Balaban J connectivity index is 1.56. The molecule has 0 saturated carbocycles. The van der Waals surface area contributed by atoms with Crippen molar-refractivity contribution < 1.29 is 14.3 Å². The molecule has 0 saturated heterocycles. The third-order valence-corrected chi connectivity index (χ3v) is 5.61. The number of aromatic nitrogens is 1. The van der Waals surface area contributed by atoms with Crippen LogP contribution in [0.3, 0.4) is 0 Å². The molecular formula is C20H17N3O3S2. The molecule has 2 heterocycles. The Bertz CT molecular complexity index is 1050. The van der Waals surface area contributed by atoms with Crippen molar-refractivity contribution in [3.8, 4) is 16.6 Å². The Kier molecular flexibility index (Phi) is 6.19. The number of esters is 1. The maximum Gasteiger partial charge on any atom is 0.312 e. The number of ether oxygens (including phenoxy) is 1. The summed E-state index contributed by atoms with van der Waals surface area (Å²) in [6, 6.07) is 11.6. The highest BCUT2D eigenvalue weighted by Crippen LogP contribution is 2.25. The van der Waals surface area contributed by atoms with Gasteiger partial charge in [0.05, 0.1) is 17.7 Å². The fourth-order valence-electron chi connectivity index (χ4n) is 2.45. The predicted octanol–water partition coefficient (Wildman–Crippen LogP) is 4.16. The smallest absolute Gasteiger partial charge is 0.312 e. The number of amides is 1. The first kappa shape index (κ1) is 19.7. The van der Waals surface area contributed by atoms with E-state index in [9.17, 15) is 9.59 Å². The van der Waals surface area contributed by atoms with Crippen LogP contribution in [-0.2, 0) is 20.7 Å². The highest BCUT2D eigenvalue weighted by Gasteiger charge is 2.20. The van der Waals surface area contributed by atoms with Crippen LogP contribution in [0.4, 0.5) is 5.00 Å². The molecule has 0 unspecified atom stereocenters. The van der Waals surface area contributed by atoms with E-state index in [2.05, 4.69) is 10.3 Å². The molecule has 3 rings (SSSR count). The van der Waals surface area contributed by atoms with Crippen molar-refractivity contribution in [3.63, 3.8) is 0 Å². The standard InChI is InChI=1S/C20H17N3O3S2/c1-12-4-3-5-14(8-12)19-22-16(11-28-19)9-17(24)26-13(2)18(25)23-20-15(10-21)6-7-27-20/h3-8,11,13H,9H2,1-2H3,(H,23,25)/t13-/m0/s1. The van der Waals surface area contributed by atoms with Crippen LogP contribution in [0.2, 0.25) is 0 Å². The minimum absolute atomic E-state index is 0.0115. The largest absolute Gasteiger partial charge is 0.452 e. The van der Waals surface area contributed by atoms with Gasteiger partial charge in [-0.2, -0.15) is 5.26 Å². The van der Waals surface area contributed by atoms with E-state index in [-0.39, 0.29) is 6.42 Å². The lowest BCUT2D eigenvalue weighted by Gasteiger charge is -2.12. The maximum atomic E-state index is 12.2. The number of hydrogen-bond donors (Lipinski definition) is 1. The van der Waals surface area contributed by atoms with Gasteiger partial charge in [-0.15, -0.1) is 22.7 Å². The van der Waals surface area contributed by atoms with Gasteiger partial charge in [0.2, 0.25) is 0 Å². The van der Waals surface area contributed by atoms with E-state index in [4.69, 9.17) is 10.00 Å². The number of nitrogens with zero attached hydrogens (tertiary/aromatic N) is 2. The number of thiazole rings is 1. The van der Waals surface area contributed by atoms with Gasteiger partial charge in [0, 0.05) is 10.9 Å². The molecule has 0 bridgehead atoms. The van der Waals surface area contributed by atoms with E-state index in [1.54, 1.807) is 11.4 Å². The monoisotopic (exact) mass is 411 g/mol. The van der Waals surface area contributed by atoms with Gasteiger partial charge in [-0.05, 0) is 31.4 Å². The van der Waals surface area contributed by atoms with Crippen LogP contribution in [0.15, 0.2) is 41.1 Å². The molecule has 2 aromatic heterocycles. The van der Waals surface area contributed by atoms with Crippen LogP contribution in [-0.4, -0.2) is 23.0 Å². The molecule has 0 aliphatic heterocycles. The summed E-state index contributed by atoms with van der Waals surface area (Å²) in [5.74, 6) is -1.01. The van der Waals surface area contributed by atoms with Crippen LogP contribution in [0.25, 0.3) is 10.6 Å². The molecule has 1 amide bonds. The first-order chi connectivity index (χ1) is 13.5. The number of carbonyl (C=O) groups is 2. The van der Waals surface area contributed by atoms with Crippen LogP contribution < -0.4 is 5.32 Å². The molecule has 0 fully saturated rings. The molecular weight excluding hydrogens is 394 g/mol. The lowest BCUT2D eigenvalue weighted by molar-refractivity contribution is -0.152. The van der Waals surface area contributed by atoms with Gasteiger partial charge >= 0.3 is 5.97 Å². The number of rotatable bonds is 6. The number of hydrogen-bond acceptors (Lipinski definition) is 7. The molecule has 1 atom stereocenters. The van der Waals surface area contributed by atoms with Crippen molar-refractivity contribution >= 4 is 39.6 Å². The number of thiophene rings is 1. The van der Waals surface area contributed by atoms with Crippen molar-refractivity contribution in [1.29, 1.82) is 5.26 Å². The molecule has 0 spiro atoms. The van der Waals surface area contributed by atoms with Crippen molar-refractivity contribution in [3.05, 3.63) is 57.9 Å². The lowest BCUT2D eigenvalue weighted by Crippen LogP contribution is -2.30. The average molecular weight is 412 g/mol. The molecule has 8 heteroatoms. The van der Waals surface area contributed by atoms with E-state index in [1.807, 2.05) is 42.6 Å². The Morgan fingerprint density at radius 3 is 2.89 bits per heavy atom. The highest BCUT2D eigenvalue weighted by molar-refractivity contribution is 7.14. The summed E-state index contributed by atoms with van der Waals surface area (Å²) in [7, 11) is 0. The second kappa shape index (κ2) is 8.78. The molecule has 0 aliphatic carbocycles. The summed E-state index contributed by atoms with van der Waals surface area (Å²) in [4.78, 5) is 28.8. The number of anilines is 1. The molecule has 1 N–H and O–H groups in total. The minimum atomic E-state index is -0.976. The topological polar surface area (TPSA) is 92.1 Å². The number of carbonyl (C=O) groups excluding carboxylic acids is 2. The van der Waals surface area contributed by atoms with Gasteiger partial charge in [0.15, 0.2) is 6.10 Å². The number of nitriles is 1. The summed E-state index contributed by atoms with van der Waals surface area (Å²) in [5.41, 5.74) is 3.12. The first-order valence-corrected chi connectivity index (χ1v) is 10.2. The predicted molar refractivity (Wildman–Crippen MR) is 109 cm³/mol. The average Bonchev–Trinajstić information content (AvgIpc) is 3.30. The van der Waals surface area contributed by atoms with Crippen LogP contribution in [0.1, 0.15) is 23.7 Å². The Hall–Kier alpha value is -3.02. The number of aryl methyl sites for hydroxylation is 1. The van der Waals surface area contributed by atoms with Crippen molar-refractivity contribution in [2.45, 2.75) is 26.4 Å². The Labute approximate surface area is 170 Å². The molecule has 1 aromatic carbocycles. The van der Waals surface area contributed by atoms with Gasteiger partial charge in [-0.3, -0.25) is 9.59 Å². The van der Waals surface area contributed by atoms with Crippen LogP contribution >= 0.6 is 22.7 Å². The van der Waals surface area contributed by atoms with Crippen molar-refractivity contribution in [2.24, 2.45) is 0 Å². The SMILES string of the molecule is Cc1cccc(-c2nc(CC(=O)O[C@@H](C)C(=O)Nc3sccc3C#N)cs2)c1. The third-order valence-electron chi connectivity index (χ3n) is 3.84. The zero-order chi connectivity index (χ0) is 20.1. The second-order valence-corrected chi connectivity index (χ2v) is 7.86. The fourth-order valence-corrected chi connectivity index (χ4v) is 4.00. The van der Waals surface area contributed by atoms with Crippen molar-refractivity contribution in [1.82, 2.24) is 4.98 Å². The summed E-state index contributed by atoms with van der Waals surface area (Å²) < 4.78 is 5.21. The minimum Gasteiger partial charge on any atom is -0.452 e. The fraction of sp³-hybridized carbons (Fsp3) is 0.200. The molecule has 3 aromatic rings. The molecule has 142 valence electrons. The lowest BCUT2D eigenvalue weighted by atomic mass is 10.1. The summed E-state index contributed by atoms with van der Waals surface area (Å²) in [6.07, 6.45) is -0.987. The summed E-state index contributed by atoms with van der Waals surface area (Å²) >= 11 is 2.70. The maximum absolute atomic E-state index is 12.2. The number of nitrogens with one attached hydrogen (secondary N) is 1. The summed E-state index contributed by atoms with van der Waals surface area (Å²) in [5, 5.41) is 16.4. The van der Waals surface area contributed by atoms with E-state index in [0.29, 0.717) is 16.3 Å². The normalized spacial score (nSPS) is 11.5. The van der Waals surface area contributed by atoms with Gasteiger partial charge in [-0.25, -0.2) is 4.98 Å². The molecule has 0 radical (unpaired) electrons. The molecule has 28 heavy (non-hydrogen) atoms. The van der Waals surface area contributed by atoms with E-state index in [1.165, 1.54) is 29.6 Å². The number of benzene rings is 1. The van der Waals surface area contributed by atoms with E-state index < -0.39 is 18.0 Å². The molecule has 6 nitrogen and oxygen atoms in total. The van der Waals surface area contributed by atoms with E-state index >= 15 is 0 Å². The molecule has 0 aliphatic rings. The second-order valence-electron chi connectivity index (χ2n) is 6.09. The van der Waals surface area contributed by atoms with Gasteiger partial charge in [0.25, 0.3) is 5.91 Å². The van der Waals surface area contributed by atoms with Gasteiger partial charge in [-0.1, -0.05) is 23.8 Å². The Morgan fingerprint density at radius 2 is 2.14 bits per heavy atom. The third kappa shape index (κ3) is 4.82. The highest BCUT2D eigenvalue weighted by atomic mass is 32.1. The Morgan fingerprint density at radius 1 is 1.32 bits per heavy atom. The zero-order valence-electron chi connectivity index (χ0n) is 15.3. The summed E-state index contributed by atoms with van der Waals surface area (Å²) in [6.45, 7) is 3.50. The van der Waals surface area contributed by atoms with Gasteiger partial charge < -0.3 is 10.1 Å². The zero-order valence-corrected chi connectivity index (χ0v) is 16.9. The van der Waals surface area contributed by atoms with E-state index in [0.717, 1.165) is 16.1 Å². The van der Waals surface area contributed by atoms with Crippen LogP contribution in [0.5, 0.6) is 0 Å².